The van der Waals surface area contributed by atoms with E-state index in [4.69, 9.17) is 26.2 Å². The number of phenolic OH excluding ortho intramolecular Hbond substituents is 1. The molecule has 1 aromatic carbocycles. The Morgan fingerprint density at radius 1 is 1.50 bits per heavy atom. The van der Waals surface area contributed by atoms with Crippen molar-refractivity contribution in [2.45, 2.75) is 12.8 Å². The van der Waals surface area contributed by atoms with Crippen molar-refractivity contribution in [3.8, 4) is 17.2 Å². The van der Waals surface area contributed by atoms with Gasteiger partial charge in [-0.15, -0.1) is 0 Å². The minimum absolute atomic E-state index is 0.0508. The Morgan fingerprint density at radius 3 is 2.94 bits per heavy atom. The zero-order valence-electron chi connectivity index (χ0n) is 8.20. The number of aliphatic carboxylic acids is 1. The first-order valence-corrected chi connectivity index (χ1v) is 4.99. The standard InChI is InChI=1S/C10H9ClO5/c11-6-3-7-10(16-4-15-7)5(9(6)14)1-2-8(12)13/h3,14H,1-2,4H2,(H,12,13). The average Bonchev–Trinajstić information content (AvgIpc) is 2.65. The number of benzene rings is 1. The van der Waals surface area contributed by atoms with Crippen LogP contribution < -0.4 is 9.47 Å². The second-order valence-electron chi connectivity index (χ2n) is 3.31. The predicted molar refractivity (Wildman–Crippen MR) is 55.2 cm³/mol. The topological polar surface area (TPSA) is 76.0 Å². The molecule has 0 unspecified atom stereocenters. The molecular formula is C10H9ClO5. The van der Waals surface area contributed by atoms with Crippen LogP contribution in [0, 0.1) is 0 Å². The molecule has 0 bridgehead atoms. The molecule has 0 aromatic heterocycles. The molecule has 0 amide bonds. The minimum Gasteiger partial charge on any atom is -0.506 e. The highest BCUT2D eigenvalue weighted by Crippen LogP contribution is 2.45. The van der Waals surface area contributed by atoms with E-state index in [0.717, 1.165) is 0 Å². The van der Waals surface area contributed by atoms with Gasteiger partial charge in [-0.05, 0) is 6.42 Å². The molecule has 0 aliphatic carbocycles. The van der Waals surface area contributed by atoms with Crippen LogP contribution in [0.4, 0.5) is 0 Å². The fourth-order valence-electron chi connectivity index (χ4n) is 1.53. The smallest absolute Gasteiger partial charge is 0.303 e. The summed E-state index contributed by atoms with van der Waals surface area (Å²) in [6.07, 6.45) is 0.0388. The van der Waals surface area contributed by atoms with Crippen LogP contribution in [-0.2, 0) is 11.2 Å². The van der Waals surface area contributed by atoms with Crippen molar-refractivity contribution in [1.82, 2.24) is 0 Å². The number of fused-ring (bicyclic) bond motifs is 1. The second kappa shape index (κ2) is 4.09. The molecule has 1 aromatic rings. The van der Waals surface area contributed by atoms with Crippen LogP contribution in [0.3, 0.4) is 0 Å². The largest absolute Gasteiger partial charge is 0.506 e. The molecule has 1 aliphatic heterocycles. The molecule has 1 aliphatic rings. The van der Waals surface area contributed by atoms with E-state index in [1.54, 1.807) is 0 Å². The summed E-state index contributed by atoms with van der Waals surface area (Å²) in [5.74, 6) is -0.287. The van der Waals surface area contributed by atoms with Gasteiger partial charge in [-0.2, -0.15) is 0 Å². The molecule has 0 radical (unpaired) electrons. The van der Waals surface area contributed by atoms with Crippen LogP contribution in [-0.4, -0.2) is 23.0 Å². The van der Waals surface area contributed by atoms with Gasteiger partial charge < -0.3 is 19.7 Å². The Morgan fingerprint density at radius 2 is 2.25 bits per heavy atom. The highest BCUT2D eigenvalue weighted by Gasteiger charge is 2.23. The maximum Gasteiger partial charge on any atom is 0.303 e. The lowest BCUT2D eigenvalue weighted by atomic mass is 10.1. The maximum atomic E-state index is 10.5. The lowest BCUT2D eigenvalue weighted by Gasteiger charge is -2.08. The first-order valence-electron chi connectivity index (χ1n) is 4.61. The van der Waals surface area contributed by atoms with Crippen LogP contribution in [0.2, 0.25) is 5.02 Å². The zero-order valence-corrected chi connectivity index (χ0v) is 8.95. The molecule has 86 valence electrons. The number of carboxylic acids is 1. The molecule has 16 heavy (non-hydrogen) atoms. The summed E-state index contributed by atoms with van der Waals surface area (Å²) < 4.78 is 10.3. The third kappa shape index (κ3) is 1.86. The van der Waals surface area contributed by atoms with Crippen LogP contribution in [0.25, 0.3) is 0 Å². The minimum atomic E-state index is -0.952. The summed E-state index contributed by atoms with van der Waals surface area (Å²) in [6, 6.07) is 1.45. The SMILES string of the molecule is O=C(O)CCc1c(O)c(Cl)cc2c1OCO2. The van der Waals surface area contributed by atoms with E-state index in [1.165, 1.54) is 6.07 Å². The van der Waals surface area contributed by atoms with Crippen LogP contribution in [0.15, 0.2) is 6.07 Å². The zero-order chi connectivity index (χ0) is 11.7. The number of carboxylic acid groups (broad SMARTS) is 1. The molecule has 0 saturated heterocycles. The summed E-state index contributed by atoms with van der Waals surface area (Å²) in [5, 5.41) is 18.4. The van der Waals surface area contributed by atoms with Gasteiger partial charge in [0.25, 0.3) is 0 Å². The number of ether oxygens (including phenoxy) is 2. The van der Waals surface area contributed by atoms with Crippen LogP contribution in [0.5, 0.6) is 17.2 Å². The normalized spacial score (nSPS) is 12.8. The van der Waals surface area contributed by atoms with E-state index in [-0.39, 0.29) is 30.4 Å². The number of halogens is 1. The van der Waals surface area contributed by atoms with Gasteiger partial charge in [-0.1, -0.05) is 11.6 Å². The van der Waals surface area contributed by atoms with Crippen molar-refractivity contribution in [1.29, 1.82) is 0 Å². The first kappa shape index (κ1) is 10.9. The van der Waals surface area contributed by atoms with Crippen molar-refractivity contribution < 1.29 is 24.5 Å². The van der Waals surface area contributed by atoms with Crippen molar-refractivity contribution in [3.05, 3.63) is 16.7 Å². The van der Waals surface area contributed by atoms with E-state index in [9.17, 15) is 9.90 Å². The van der Waals surface area contributed by atoms with Crippen molar-refractivity contribution in [2.75, 3.05) is 6.79 Å². The fraction of sp³-hybridized carbons (Fsp3) is 0.300. The Balaban J connectivity index is 2.38. The number of rotatable bonds is 3. The van der Waals surface area contributed by atoms with Gasteiger partial charge in [0.05, 0.1) is 5.02 Å². The molecule has 0 spiro atoms. The summed E-state index contributed by atoms with van der Waals surface area (Å²) in [5.41, 5.74) is 0.377. The number of aromatic hydroxyl groups is 1. The molecular weight excluding hydrogens is 236 g/mol. The van der Waals surface area contributed by atoms with Crippen LogP contribution >= 0.6 is 11.6 Å². The molecule has 2 N–H and O–H groups in total. The van der Waals surface area contributed by atoms with Gasteiger partial charge >= 0.3 is 5.97 Å². The number of phenols is 1. The molecule has 5 nitrogen and oxygen atoms in total. The third-order valence-electron chi connectivity index (χ3n) is 2.27. The van der Waals surface area contributed by atoms with E-state index in [0.29, 0.717) is 17.1 Å². The van der Waals surface area contributed by atoms with E-state index in [1.807, 2.05) is 0 Å². The third-order valence-corrected chi connectivity index (χ3v) is 2.56. The van der Waals surface area contributed by atoms with E-state index in [2.05, 4.69) is 0 Å². The Bertz CT molecular complexity index is 443. The van der Waals surface area contributed by atoms with Gasteiger partial charge in [0, 0.05) is 18.1 Å². The second-order valence-corrected chi connectivity index (χ2v) is 3.72. The van der Waals surface area contributed by atoms with Crippen LogP contribution in [0.1, 0.15) is 12.0 Å². The van der Waals surface area contributed by atoms with Crippen molar-refractivity contribution in [3.63, 3.8) is 0 Å². The molecule has 0 atom stereocenters. The summed E-state index contributed by atoms with van der Waals surface area (Å²) >= 11 is 5.78. The molecule has 0 saturated carbocycles. The number of hydrogen-bond acceptors (Lipinski definition) is 4. The van der Waals surface area contributed by atoms with Gasteiger partial charge in [0.2, 0.25) is 6.79 Å². The Hall–Kier alpha value is -1.62. The Kier molecular flexibility index (Phi) is 2.78. The summed E-state index contributed by atoms with van der Waals surface area (Å²) in [7, 11) is 0. The van der Waals surface area contributed by atoms with E-state index < -0.39 is 5.97 Å². The average molecular weight is 245 g/mol. The molecule has 6 heteroatoms. The molecule has 1 heterocycles. The Labute approximate surface area is 96.2 Å². The van der Waals surface area contributed by atoms with E-state index >= 15 is 0 Å². The van der Waals surface area contributed by atoms with Crippen molar-refractivity contribution >= 4 is 17.6 Å². The van der Waals surface area contributed by atoms with Gasteiger partial charge in [0.15, 0.2) is 11.5 Å². The van der Waals surface area contributed by atoms with Gasteiger partial charge in [-0.3, -0.25) is 4.79 Å². The highest BCUT2D eigenvalue weighted by molar-refractivity contribution is 6.32. The molecule has 0 fully saturated rings. The highest BCUT2D eigenvalue weighted by atomic mass is 35.5. The summed E-state index contributed by atoms with van der Waals surface area (Å²) in [4.78, 5) is 10.5. The lowest BCUT2D eigenvalue weighted by molar-refractivity contribution is -0.136. The fourth-order valence-corrected chi connectivity index (χ4v) is 1.74. The quantitative estimate of drug-likeness (QED) is 0.848. The van der Waals surface area contributed by atoms with Gasteiger partial charge in [0.1, 0.15) is 5.75 Å². The molecule has 2 rings (SSSR count). The summed E-state index contributed by atoms with van der Waals surface area (Å²) in [6.45, 7) is 0.0508. The lowest BCUT2D eigenvalue weighted by Crippen LogP contribution is -1.99. The van der Waals surface area contributed by atoms with Gasteiger partial charge in [-0.25, -0.2) is 0 Å². The van der Waals surface area contributed by atoms with Crippen molar-refractivity contribution in [2.24, 2.45) is 0 Å². The maximum absolute atomic E-state index is 10.5. The predicted octanol–water partition coefficient (Wildman–Crippen LogP) is 1.79. The first-order chi connectivity index (χ1) is 7.59. The monoisotopic (exact) mass is 244 g/mol. The number of carbonyl (C=O) groups is 1. The number of hydrogen-bond donors (Lipinski definition) is 2.